The summed E-state index contributed by atoms with van der Waals surface area (Å²) in [6.07, 6.45) is 0.111. The maximum Gasteiger partial charge on any atom is 0.349 e. The highest BCUT2D eigenvalue weighted by atomic mass is 35.5. The zero-order valence-corrected chi connectivity index (χ0v) is 16.1. The smallest absolute Gasteiger partial charge is 0.349 e. The lowest BCUT2D eigenvalue weighted by atomic mass is 10.2. The number of H-pyrrole nitrogens is 1. The SMILES string of the molecule is COc1cc(C=Nn2c(=O)[nH]c3ccccc3c2=O)cc(Cl)c1OC(C)C(=O)O. The molecule has 3 rings (SSSR count). The maximum atomic E-state index is 12.5. The van der Waals surface area contributed by atoms with E-state index in [-0.39, 0.29) is 16.5 Å². The number of carboxylic acid groups (broad SMARTS) is 1. The van der Waals surface area contributed by atoms with Gasteiger partial charge in [-0.15, -0.1) is 4.68 Å². The van der Waals surface area contributed by atoms with Gasteiger partial charge in [0.05, 0.1) is 29.2 Å². The van der Waals surface area contributed by atoms with Crippen molar-refractivity contribution in [1.29, 1.82) is 0 Å². The first-order valence-corrected chi connectivity index (χ1v) is 8.75. The summed E-state index contributed by atoms with van der Waals surface area (Å²) >= 11 is 6.19. The second kappa shape index (κ2) is 8.19. The third kappa shape index (κ3) is 4.14. The summed E-state index contributed by atoms with van der Waals surface area (Å²) in [5.41, 5.74) is -0.457. The van der Waals surface area contributed by atoms with Gasteiger partial charge >= 0.3 is 11.7 Å². The van der Waals surface area contributed by atoms with Crippen molar-refractivity contribution >= 4 is 34.7 Å². The zero-order valence-electron chi connectivity index (χ0n) is 15.4. The van der Waals surface area contributed by atoms with Crippen molar-refractivity contribution in [3.63, 3.8) is 0 Å². The Morgan fingerprint density at radius 3 is 2.72 bits per heavy atom. The quantitative estimate of drug-likeness (QED) is 0.592. The predicted octanol–water partition coefficient (Wildman–Crippen LogP) is 2.09. The van der Waals surface area contributed by atoms with Crippen LogP contribution < -0.4 is 20.7 Å². The summed E-state index contributed by atoms with van der Waals surface area (Å²) in [4.78, 5) is 38.3. The lowest BCUT2D eigenvalue weighted by Gasteiger charge is -2.15. The number of nitrogens with zero attached hydrogens (tertiary/aromatic N) is 2. The number of benzene rings is 2. The summed E-state index contributed by atoms with van der Waals surface area (Å²) in [5.74, 6) is -0.933. The first-order chi connectivity index (χ1) is 13.8. The van der Waals surface area contributed by atoms with Crippen LogP contribution in [0.5, 0.6) is 11.5 Å². The topological polar surface area (TPSA) is 123 Å². The molecule has 0 radical (unpaired) electrons. The maximum absolute atomic E-state index is 12.5. The van der Waals surface area contributed by atoms with E-state index in [2.05, 4.69) is 10.1 Å². The van der Waals surface area contributed by atoms with Gasteiger partial charge in [-0.2, -0.15) is 5.10 Å². The van der Waals surface area contributed by atoms with Crippen LogP contribution in [0.25, 0.3) is 10.9 Å². The molecule has 0 saturated heterocycles. The van der Waals surface area contributed by atoms with E-state index < -0.39 is 23.3 Å². The Balaban J connectivity index is 2.01. The van der Waals surface area contributed by atoms with Crippen molar-refractivity contribution in [3.8, 4) is 11.5 Å². The summed E-state index contributed by atoms with van der Waals surface area (Å²) in [6.45, 7) is 1.35. The number of methoxy groups -OCH3 is 1. The number of para-hydroxylation sites is 1. The molecular weight excluding hydrogens is 402 g/mol. The van der Waals surface area contributed by atoms with Crippen molar-refractivity contribution < 1.29 is 19.4 Å². The van der Waals surface area contributed by atoms with E-state index >= 15 is 0 Å². The summed E-state index contributed by atoms with van der Waals surface area (Å²) < 4.78 is 11.2. The molecule has 150 valence electrons. The minimum atomic E-state index is -1.16. The van der Waals surface area contributed by atoms with Gasteiger partial charge in [-0.25, -0.2) is 9.59 Å². The van der Waals surface area contributed by atoms with Gasteiger partial charge in [-0.1, -0.05) is 23.7 Å². The number of ether oxygens (including phenoxy) is 2. The number of rotatable bonds is 6. The molecule has 10 heteroatoms. The van der Waals surface area contributed by atoms with E-state index in [4.69, 9.17) is 26.2 Å². The number of hydrogen-bond donors (Lipinski definition) is 2. The van der Waals surface area contributed by atoms with E-state index in [0.717, 1.165) is 0 Å². The Morgan fingerprint density at radius 2 is 2.03 bits per heavy atom. The van der Waals surface area contributed by atoms with Crippen molar-refractivity contribution in [2.45, 2.75) is 13.0 Å². The lowest BCUT2D eigenvalue weighted by Crippen LogP contribution is -2.32. The van der Waals surface area contributed by atoms with Crippen LogP contribution in [-0.4, -0.2) is 40.2 Å². The molecule has 0 aliphatic heterocycles. The summed E-state index contributed by atoms with van der Waals surface area (Å²) in [6, 6.07) is 9.51. The van der Waals surface area contributed by atoms with Crippen LogP contribution in [0.15, 0.2) is 51.1 Å². The number of nitrogens with one attached hydrogen (secondary N) is 1. The highest BCUT2D eigenvalue weighted by Gasteiger charge is 2.19. The zero-order chi connectivity index (χ0) is 21.1. The van der Waals surface area contributed by atoms with Crippen LogP contribution in [0.2, 0.25) is 5.02 Å². The molecule has 3 aromatic rings. The van der Waals surface area contributed by atoms with Crippen LogP contribution >= 0.6 is 11.6 Å². The first-order valence-electron chi connectivity index (χ1n) is 8.37. The Labute approximate surface area is 168 Å². The second-order valence-corrected chi connectivity index (χ2v) is 6.38. The molecule has 2 aromatic carbocycles. The van der Waals surface area contributed by atoms with Crippen molar-refractivity contribution in [1.82, 2.24) is 9.66 Å². The molecule has 0 aliphatic carbocycles. The number of carboxylic acids is 1. The number of aromatic amines is 1. The van der Waals surface area contributed by atoms with Crippen LogP contribution in [0.4, 0.5) is 0 Å². The van der Waals surface area contributed by atoms with Crippen LogP contribution in [0, 0.1) is 0 Å². The number of halogens is 1. The van der Waals surface area contributed by atoms with Gasteiger partial charge in [0.2, 0.25) is 0 Å². The molecule has 1 aromatic heterocycles. The van der Waals surface area contributed by atoms with Gasteiger partial charge in [-0.05, 0) is 36.8 Å². The van der Waals surface area contributed by atoms with Gasteiger partial charge < -0.3 is 19.6 Å². The molecule has 2 N–H and O–H groups in total. The minimum absolute atomic E-state index is 0.0573. The van der Waals surface area contributed by atoms with Crippen LogP contribution in [-0.2, 0) is 4.79 Å². The molecule has 0 aliphatic rings. The fraction of sp³-hybridized carbons (Fsp3) is 0.158. The molecule has 1 heterocycles. The Kier molecular flexibility index (Phi) is 5.69. The van der Waals surface area contributed by atoms with Crippen LogP contribution in [0.1, 0.15) is 12.5 Å². The van der Waals surface area contributed by atoms with E-state index in [1.165, 1.54) is 32.4 Å². The second-order valence-electron chi connectivity index (χ2n) is 5.97. The average Bonchev–Trinajstić information content (AvgIpc) is 2.69. The third-order valence-electron chi connectivity index (χ3n) is 4.00. The van der Waals surface area contributed by atoms with Crippen LogP contribution in [0.3, 0.4) is 0 Å². The number of carbonyl (C=O) groups is 1. The van der Waals surface area contributed by atoms with E-state index in [1.807, 2.05) is 0 Å². The summed E-state index contributed by atoms with van der Waals surface area (Å²) in [7, 11) is 1.36. The molecule has 0 fully saturated rings. The average molecular weight is 418 g/mol. The highest BCUT2D eigenvalue weighted by molar-refractivity contribution is 6.32. The predicted molar refractivity (Wildman–Crippen MR) is 108 cm³/mol. The fourth-order valence-electron chi connectivity index (χ4n) is 2.54. The molecule has 1 unspecified atom stereocenters. The van der Waals surface area contributed by atoms with Gasteiger partial charge in [0.25, 0.3) is 5.56 Å². The molecule has 1 atom stereocenters. The number of aromatic nitrogens is 2. The molecule has 0 spiro atoms. The molecule has 9 nitrogen and oxygen atoms in total. The minimum Gasteiger partial charge on any atom is -0.493 e. The van der Waals surface area contributed by atoms with Crippen molar-refractivity contribution in [2.75, 3.05) is 7.11 Å². The largest absolute Gasteiger partial charge is 0.493 e. The van der Waals surface area contributed by atoms with Gasteiger partial charge in [-0.3, -0.25) is 4.79 Å². The monoisotopic (exact) mass is 417 g/mol. The van der Waals surface area contributed by atoms with Gasteiger partial charge in [0, 0.05) is 0 Å². The molecule has 0 bridgehead atoms. The Morgan fingerprint density at radius 1 is 1.31 bits per heavy atom. The molecule has 0 saturated carbocycles. The van der Waals surface area contributed by atoms with E-state index in [9.17, 15) is 14.4 Å². The standard InChI is InChI=1S/C19H16ClN3O6/c1-10(18(25)26)29-16-13(20)7-11(8-15(16)28-2)9-21-23-17(24)12-5-3-4-6-14(12)22-19(23)27/h3-10H,1-2H3,(H,22,27)(H,25,26). The number of hydrogen-bond acceptors (Lipinski definition) is 6. The highest BCUT2D eigenvalue weighted by Crippen LogP contribution is 2.36. The normalized spacial score (nSPS) is 12.2. The third-order valence-corrected chi connectivity index (χ3v) is 4.28. The summed E-state index contributed by atoms with van der Waals surface area (Å²) in [5, 5.41) is 13.3. The van der Waals surface area contributed by atoms with Crippen molar-refractivity contribution in [3.05, 3.63) is 67.8 Å². The van der Waals surface area contributed by atoms with E-state index in [1.54, 1.807) is 24.3 Å². The van der Waals surface area contributed by atoms with Gasteiger partial charge in [0.15, 0.2) is 17.6 Å². The number of fused-ring (bicyclic) bond motifs is 1. The number of aliphatic carboxylic acids is 1. The first kappa shape index (κ1) is 20.2. The molecule has 29 heavy (non-hydrogen) atoms. The fourth-order valence-corrected chi connectivity index (χ4v) is 2.80. The van der Waals surface area contributed by atoms with E-state index in [0.29, 0.717) is 21.1 Å². The Bertz CT molecular complexity index is 1230. The van der Waals surface area contributed by atoms with Gasteiger partial charge in [0.1, 0.15) is 0 Å². The molecular formula is C19H16ClN3O6. The van der Waals surface area contributed by atoms with Crippen molar-refractivity contribution in [2.24, 2.45) is 5.10 Å². The molecule has 0 amide bonds. The lowest BCUT2D eigenvalue weighted by molar-refractivity contribution is -0.144. The Hall–Kier alpha value is -3.59.